The van der Waals surface area contributed by atoms with Gasteiger partial charge in [0, 0.05) is 45.2 Å². The van der Waals surface area contributed by atoms with Gasteiger partial charge in [-0.05, 0) is 25.0 Å². The summed E-state index contributed by atoms with van der Waals surface area (Å²) in [5.41, 5.74) is 1.17. The van der Waals surface area contributed by atoms with E-state index in [1.54, 1.807) is 7.11 Å². The van der Waals surface area contributed by atoms with E-state index in [9.17, 15) is 0 Å². The van der Waals surface area contributed by atoms with Gasteiger partial charge in [0.25, 0.3) is 0 Å². The number of hydrogen-bond acceptors (Lipinski definition) is 5. The van der Waals surface area contributed by atoms with Crippen molar-refractivity contribution in [2.24, 2.45) is 4.99 Å². The summed E-state index contributed by atoms with van der Waals surface area (Å²) in [5.74, 6) is 3.01. The number of guanidine groups is 1. The highest BCUT2D eigenvalue weighted by Crippen LogP contribution is 2.28. The molecule has 1 N–H and O–H groups in total. The third-order valence-corrected chi connectivity index (χ3v) is 6.31. The van der Waals surface area contributed by atoms with E-state index in [2.05, 4.69) is 48.9 Å². The Labute approximate surface area is 185 Å². The molecule has 31 heavy (non-hydrogen) atoms. The van der Waals surface area contributed by atoms with Crippen LogP contribution in [0.4, 0.5) is 5.69 Å². The molecule has 0 atom stereocenters. The van der Waals surface area contributed by atoms with E-state index < -0.39 is 0 Å². The molecule has 1 saturated heterocycles. The van der Waals surface area contributed by atoms with Gasteiger partial charge in [0.2, 0.25) is 0 Å². The maximum atomic E-state index is 5.56. The Morgan fingerprint density at radius 2 is 1.94 bits per heavy atom. The smallest absolute Gasteiger partial charge is 0.194 e. The van der Waals surface area contributed by atoms with Gasteiger partial charge in [-0.25, -0.2) is 0 Å². The number of rotatable bonds is 7. The van der Waals surface area contributed by atoms with Crippen molar-refractivity contribution in [1.29, 1.82) is 0 Å². The summed E-state index contributed by atoms with van der Waals surface area (Å²) in [6.07, 6.45) is 7.81. The summed E-state index contributed by atoms with van der Waals surface area (Å²) in [4.78, 5) is 9.83. The molecular weight excluding hydrogens is 390 g/mol. The SMILES string of the molecule is CCc1nncn1CCN=C(NC1CCCC1)N1CCN(c2ccccc2OC)CC1. The molecule has 2 aliphatic rings. The number of nitrogens with one attached hydrogen (secondary N) is 1. The topological polar surface area (TPSA) is 70.8 Å². The highest BCUT2D eigenvalue weighted by atomic mass is 16.5. The number of ether oxygens (including phenoxy) is 1. The summed E-state index contributed by atoms with van der Waals surface area (Å²) in [6, 6.07) is 8.83. The molecule has 2 aromatic rings. The van der Waals surface area contributed by atoms with Crippen molar-refractivity contribution in [2.75, 3.05) is 44.7 Å². The molecule has 4 rings (SSSR count). The predicted molar refractivity (Wildman–Crippen MR) is 124 cm³/mol. The van der Waals surface area contributed by atoms with Gasteiger partial charge in [-0.1, -0.05) is 31.9 Å². The Morgan fingerprint density at radius 3 is 2.68 bits per heavy atom. The normalized spacial score (nSPS) is 17.9. The zero-order valence-electron chi connectivity index (χ0n) is 18.8. The molecule has 8 nitrogen and oxygen atoms in total. The van der Waals surface area contributed by atoms with Gasteiger partial charge in [0.05, 0.1) is 19.3 Å². The quantitative estimate of drug-likeness (QED) is 0.543. The lowest BCUT2D eigenvalue weighted by Crippen LogP contribution is -2.54. The average molecular weight is 426 g/mol. The van der Waals surface area contributed by atoms with Crippen LogP contribution >= 0.6 is 0 Å². The molecule has 1 aliphatic carbocycles. The monoisotopic (exact) mass is 425 g/mol. The standard InChI is InChI=1S/C23H35N7O/c1-3-22-27-25-18-30(22)13-12-24-23(26-19-8-4-5-9-19)29-16-14-28(15-17-29)20-10-6-7-11-21(20)31-2/h6-7,10-11,18-19H,3-5,8-9,12-17H2,1-2H3,(H,24,26). The third-order valence-electron chi connectivity index (χ3n) is 6.31. The minimum absolute atomic E-state index is 0.548. The first-order valence-corrected chi connectivity index (χ1v) is 11.6. The van der Waals surface area contributed by atoms with Crippen molar-refractivity contribution in [2.45, 2.75) is 51.6 Å². The molecule has 168 valence electrons. The lowest BCUT2D eigenvalue weighted by Gasteiger charge is -2.38. The summed E-state index contributed by atoms with van der Waals surface area (Å²) in [5, 5.41) is 12.0. The average Bonchev–Trinajstić information content (AvgIpc) is 3.50. The fourth-order valence-corrected chi connectivity index (χ4v) is 4.54. The van der Waals surface area contributed by atoms with Crippen LogP contribution in [0.3, 0.4) is 0 Å². The van der Waals surface area contributed by atoms with E-state index in [-0.39, 0.29) is 0 Å². The second-order valence-electron chi connectivity index (χ2n) is 8.27. The Morgan fingerprint density at radius 1 is 1.16 bits per heavy atom. The van der Waals surface area contributed by atoms with E-state index >= 15 is 0 Å². The first-order chi connectivity index (χ1) is 15.3. The largest absolute Gasteiger partial charge is 0.495 e. The van der Waals surface area contributed by atoms with Crippen molar-refractivity contribution in [1.82, 2.24) is 25.0 Å². The molecule has 2 heterocycles. The van der Waals surface area contributed by atoms with E-state index in [0.29, 0.717) is 6.04 Å². The van der Waals surface area contributed by atoms with Crippen LogP contribution in [0.15, 0.2) is 35.6 Å². The fourth-order valence-electron chi connectivity index (χ4n) is 4.54. The molecule has 0 bridgehead atoms. The molecule has 2 fully saturated rings. The van der Waals surface area contributed by atoms with Crippen LogP contribution in [-0.2, 0) is 13.0 Å². The highest BCUT2D eigenvalue weighted by molar-refractivity contribution is 5.80. The summed E-state index contributed by atoms with van der Waals surface area (Å²) < 4.78 is 7.67. The molecule has 0 amide bonds. The maximum absolute atomic E-state index is 5.56. The Bertz CT molecular complexity index is 851. The Hall–Kier alpha value is -2.77. The fraction of sp³-hybridized carbons (Fsp3) is 0.609. The summed E-state index contributed by atoms with van der Waals surface area (Å²) in [6.45, 7) is 7.46. The summed E-state index contributed by atoms with van der Waals surface area (Å²) in [7, 11) is 1.74. The second kappa shape index (κ2) is 10.5. The number of nitrogens with zero attached hydrogens (tertiary/aromatic N) is 6. The van der Waals surface area contributed by atoms with Crippen LogP contribution in [0.25, 0.3) is 0 Å². The van der Waals surface area contributed by atoms with Crippen molar-refractivity contribution >= 4 is 11.6 Å². The zero-order valence-corrected chi connectivity index (χ0v) is 18.8. The number of aliphatic imine (C=N–C) groups is 1. The molecule has 1 saturated carbocycles. The highest BCUT2D eigenvalue weighted by Gasteiger charge is 2.24. The van der Waals surface area contributed by atoms with Crippen molar-refractivity contribution in [3.05, 3.63) is 36.4 Å². The minimum Gasteiger partial charge on any atom is -0.495 e. The van der Waals surface area contributed by atoms with Gasteiger partial charge in [0.1, 0.15) is 17.9 Å². The van der Waals surface area contributed by atoms with Gasteiger partial charge in [-0.15, -0.1) is 10.2 Å². The lowest BCUT2D eigenvalue weighted by atomic mass is 10.2. The molecule has 0 unspecified atom stereocenters. The number of benzene rings is 1. The molecule has 8 heteroatoms. The molecule has 1 aliphatic heterocycles. The van der Waals surface area contributed by atoms with Gasteiger partial charge >= 0.3 is 0 Å². The Balaban J connectivity index is 1.40. The first-order valence-electron chi connectivity index (χ1n) is 11.6. The third kappa shape index (κ3) is 5.29. The van der Waals surface area contributed by atoms with Crippen LogP contribution in [0.1, 0.15) is 38.4 Å². The van der Waals surface area contributed by atoms with E-state index in [0.717, 1.165) is 63.2 Å². The van der Waals surface area contributed by atoms with E-state index in [4.69, 9.17) is 9.73 Å². The van der Waals surface area contributed by atoms with Crippen molar-refractivity contribution in [3.8, 4) is 5.75 Å². The Kier molecular flexibility index (Phi) is 7.27. The molecule has 1 aromatic heterocycles. The number of aryl methyl sites for hydroxylation is 1. The van der Waals surface area contributed by atoms with Gasteiger partial charge in [-0.2, -0.15) is 0 Å². The molecule has 1 aromatic carbocycles. The van der Waals surface area contributed by atoms with E-state index in [1.165, 1.54) is 31.4 Å². The van der Waals surface area contributed by atoms with E-state index in [1.807, 2.05) is 18.5 Å². The number of piperazine rings is 1. The number of hydrogen-bond donors (Lipinski definition) is 1. The van der Waals surface area contributed by atoms with Crippen LogP contribution in [0.5, 0.6) is 5.75 Å². The first kappa shape index (κ1) is 21.5. The lowest BCUT2D eigenvalue weighted by molar-refractivity contribution is 0.360. The molecular formula is C23H35N7O. The number of methoxy groups -OCH3 is 1. The summed E-state index contributed by atoms with van der Waals surface area (Å²) >= 11 is 0. The van der Waals surface area contributed by atoms with Gasteiger partial charge < -0.3 is 24.4 Å². The van der Waals surface area contributed by atoms with Crippen LogP contribution < -0.4 is 15.0 Å². The second-order valence-corrected chi connectivity index (χ2v) is 8.27. The maximum Gasteiger partial charge on any atom is 0.194 e. The van der Waals surface area contributed by atoms with Crippen LogP contribution in [0.2, 0.25) is 0 Å². The van der Waals surface area contributed by atoms with Crippen molar-refractivity contribution in [3.63, 3.8) is 0 Å². The number of para-hydroxylation sites is 2. The van der Waals surface area contributed by atoms with Gasteiger partial charge in [0.15, 0.2) is 5.96 Å². The predicted octanol–water partition coefficient (Wildman–Crippen LogP) is 2.56. The minimum atomic E-state index is 0.548. The van der Waals surface area contributed by atoms with Gasteiger partial charge in [-0.3, -0.25) is 4.99 Å². The van der Waals surface area contributed by atoms with Crippen LogP contribution in [-0.4, -0.2) is 71.5 Å². The van der Waals surface area contributed by atoms with Crippen LogP contribution in [0, 0.1) is 0 Å². The molecule has 0 radical (unpaired) electrons. The number of anilines is 1. The number of aromatic nitrogens is 3. The zero-order chi connectivity index (χ0) is 21.5. The molecule has 0 spiro atoms. The van der Waals surface area contributed by atoms with Crippen molar-refractivity contribution < 1.29 is 4.74 Å².